The lowest BCUT2D eigenvalue weighted by Crippen LogP contribution is -2.50. The molecule has 0 amide bonds. The third kappa shape index (κ3) is 11.6. The lowest BCUT2D eigenvalue weighted by Gasteiger charge is -2.39. The third-order valence-electron chi connectivity index (χ3n) is 5.39. The Balaban J connectivity index is 0.000000571. The number of nitrogens with zero attached hydrogens (tertiary/aromatic N) is 1. The summed E-state index contributed by atoms with van der Waals surface area (Å²) in [6.07, 6.45) is 11.1. The van der Waals surface area contributed by atoms with Gasteiger partial charge in [0.05, 0.1) is 31.1 Å². The molecule has 29 heavy (non-hydrogen) atoms. The molecule has 0 fully saturated rings. The minimum Gasteiger partial charge on any atom is -0.744 e. The quantitative estimate of drug-likeness (QED) is 0.327. The maximum absolute atomic E-state index is 10.5. The molecule has 0 atom stereocenters. The average Bonchev–Trinajstić information content (AvgIpc) is 2.68. The van der Waals surface area contributed by atoms with Crippen molar-refractivity contribution in [3.63, 3.8) is 0 Å². The van der Waals surface area contributed by atoms with Crippen molar-refractivity contribution in [3.8, 4) is 5.75 Å². The van der Waals surface area contributed by atoms with E-state index in [0.717, 1.165) is 6.07 Å². The lowest BCUT2D eigenvalue weighted by molar-refractivity contribution is -0.929. The molecular weight excluding hydrogens is 386 g/mol. The van der Waals surface area contributed by atoms with Gasteiger partial charge in [-0.3, -0.25) is 0 Å². The molecule has 170 valence electrons. The molecule has 0 aliphatic heterocycles. The van der Waals surface area contributed by atoms with E-state index in [1.165, 1.54) is 101 Å². The molecule has 6 heteroatoms. The summed E-state index contributed by atoms with van der Waals surface area (Å²) in [4.78, 5) is -0.373. The molecule has 0 bridgehead atoms. The van der Waals surface area contributed by atoms with Crippen LogP contribution in [0.1, 0.15) is 84.6 Å². The molecule has 5 nitrogen and oxygen atoms in total. The van der Waals surface area contributed by atoms with Crippen LogP contribution in [-0.4, -0.2) is 48.7 Å². The zero-order chi connectivity index (χ0) is 22.3. The molecule has 0 heterocycles. The molecule has 0 spiro atoms. The van der Waals surface area contributed by atoms with Crippen LogP contribution in [0.15, 0.2) is 23.1 Å². The lowest BCUT2D eigenvalue weighted by atomic mass is 10.1. The SMILES string of the molecule is CCCC[N+](CCCC)(CCCC)CCCC.Cc1ccc(O)cc1S(=O)(=O)[O-]. The van der Waals surface area contributed by atoms with Crippen LogP contribution in [0.4, 0.5) is 0 Å². The summed E-state index contributed by atoms with van der Waals surface area (Å²) in [6, 6.07) is 3.64. The second-order valence-corrected chi connectivity index (χ2v) is 9.40. The number of benzene rings is 1. The maximum atomic E-state index is 10.5. The maximum Gasteiger partial charge on any atom is 0.124 e. The van der Waals surface area contributed by atoms with Crippen LogP contribution in [0.3, 0.4) is 0 Å². The van der Waals surface area contributed by atoms with Gasteiger partial charge in [0.2, 0.25) is 0 Å². The summed E-state index contributed by atoms with van der Waals surface area (Å²) in [5.41, 5.74) is 0.336. The third-order valence-corrected chi connectivity index (χ3v) is 6.36. The number of hydrogen-bond donors (Lipinski definition) is 1. The van der Waals surface area contributed by atoms with Crippen LogP contribution < -0.4 is 0 Å². The van der Waals surface area contributed by atoms with E-state index in [4.69, 9.17) is 5.11 Å². The van der Waals surface area contributed by atoms with E-state index in [-0.39, 0.29) is 10.6 Å². The summed E-state index contributed by atoms with van der Waals surface area (Å²) >= 11 is 0. The average molecular weight is 430 g/mol. The monoisotopic (exact) mass is 429 g/mol. The molecule has 0 aliphatic carbocycles. The smallest absolute Gasteiger partial charge is 0.124 e. The van der Waals surface area contributed by atoms with Crippen molar-refractivity contribution in [3.05, 3.63) is 23.8 Å². The number of hydrogen-bond acceptors (Lipinski definition) is 4. The Morgan fingerprint density at radius 3 is 1.48 bits per heavy atom. The molecule has 0 radical (unpaired) electrons. The van der Waals surface area contributed by atoms with Crippen LogP contribution in [0.25, 0.3) is 0 Å². The van der Waals surface area contributed by atoms with E-state index in [0.29, 0.717) is 5.56 Å². The molecular formula is C23H43NO4S. The van der Waals surface area contributed by atoms with Crippen LogP contribution in [0.5, 0.6) is 5.75 Å². The molecule has 1 N–H and O–H groups in total. The van der Waals surface area contributed by atoms with Gasteiger partial charge in [-0.1, -0.05) is 59.4 Å². The van der Waals surface area contributed by atoms with Crippen LogP contribution >= 0.6 is 0 Å². The van der Waals surface area contributed by atoms with Gasteiger partial charge in [0, 0.05) is 0 Å². The zero-order valence-electron chi connectivity index (χ0n) is 19.2. The van der Waals surface area contributed by atoms with Crippen LogP contribution in [0.2, 0.25) is 0 Å². The van der Waals surface area contributed by atoms with Crippen molar-refractivity contribution in [2.75, 3.05) is 26.2 Å². The van der Waals surface area contributed by atoms with Crippen LogP contribution in [-0.2, 0) is 10.1 Å². The van der Waals surface area contributed by atoms with Crippen molar-refractivity contribution in [1.82, 2.24) is 0 Å². The van der Waals surface area contributed by atoms with Crippen molar-refractivity contribution in [2.45, 2.75) is 90.9 Å². The van der Waals surface area contributed by atoms with Crippen molar-refractivity contribution in [2.24, 2.45) is 0 Å². The second kappa shape index (κ2) is 14.8. The van der Waals surface area contributed by atoms with Crippen molar-refractivity contribution >= 4 is 10.1 Å². The fourth-order valence-electron chi connectivity index (χ4n) is 3.50. The molecule has 0 unspecified atom stereocenters. The number of phenols is 1. The number of aromatic hydroxyl groups is 1. The highest BCUT2D eigenvalue weighted by Gasteiger charge is 2.24. The number of phenolic OH excluding ortho intramolecular Hbond substituents is 1. The first-order chi connectivity index (χ1) is 13.7. The van der Waals surface area contributed by atoms with Crippen molar-refractivity contribution in [1.29, 1.82) is 0 Å². The normalized spacial score (nSPS) is 11.8. The number of unbranched alkanes of at least 4 members (excludes halogenated alkanes) is 4. The van der Waals surface area contributed by atoms with Crippen molar-refractivity contribution < 1.29 is 22.6 Å². The van der Waals surface area contributed by atoms with E-state index in [2.05, 4.69) is 27.7 Å². The Morgan fingerprint density at radius 1 is 0.828 bits per heavy atom. The van der Waals surface area contributed by atoms with Gasteiger partial charge in [0.25, 0.3) is 0 Å². The first kappa shape index (κ1) is 27.9. The van der Waals surface area contributed by atoms with Crippen LogP contribution in [0, 0.1) is 6.92 Å². The second-order valence-electron chi connectivity index (χ2n) is 8.05. The molecule has 0 aromatic heterocycles. The fourth-order valence-corrected chi connectivity index (χ4v) is 4.23. The summed E-state index contributed by atoms with van der Waals surface area (Å²) in [5.74, 6) is -0.227. The molecule has 0 saturated heterocycles. The molecule has 0 saturated carbocycles. The zero-order valence-corrected chi connectivity index (χ0v) is 20.1. The van der Waals surface area contributed by atoms with Gasteiger partial charge in [0.15, 0.2) is 0 Å². The van der Waals surface area contributed by atoms with Gasteiger partial charge in [-0.15, -0.1) is 0 Å². The Hall–Kier alpha value is -1.11. The number of aryl methyl sites for hydroxylation is 1. The molecule has 1 rings (SSSR count). The Morgan fingerprint density at radius 2 is 1.21 bits per heavy atom. The number of rotatable bonds is 13. The molecule has 0 aliphatic rings. The van der Waals surface area contributed by atoms with E-state index >= 15 is 0 Å². The largest absolute Gasteiger partial charge is 0.744 e. The molecule has 1 aromatic rings. The number of quaternary nitrogens is 1. The Kier molecular flexibility index (Phi) is 14.2. The predicted molar refractivity (Wildman–Crippen MR) is 120 cm³/mol. The standard InChI is InChI=1S/C16H36N.C7H8O4S/c1-5-9-13-17(14-10-6-2,15-11-7-3)16-12-8-4;1-5-2-3-6(8)4-7(5)12(9,10)11/h5-16H2,1-4H3;2-4,8H,1H3,(H,9,10,11)/q+1;/p-1. The van der Waals surface area contributed by atoms with E-state index < -0.39 is 10.1 Å². The van der Waals surface area contributed by atoms with Gasteiger partial charge in [-0.05, 0) is 50.3 Å². The van der Waals surface area contributed by atoms with Gasteiger partial charge >= 0.3 is 0 Å². The summed E-state index contributed by atoms with van der Waals surface area (Å²) in [7, 11) is -4.47. The summed E-state index contributed by atoms with van der Waals surface area (Å²) in [6.45, 7) is 16.5. The van der Waals surface area contributed by atoms with Gasteiger partial charge < -0.3 is 14.1 Å². The summed E-state index contributed by atoms with van der Waals surface area (Å²) in [5, 5.41) is 8.90. The topological polar surface area (TPSA) is 77.4 Å². The van der Waals surface area contributed by atoms with Gasteiger partial charge in [0.1, 0.15) is 15.9 Å². The summed E-state index contributed by atoms with van der Waals surface area (Å²) < 4.78 is 33.0. The fraction of sp³-hybridized carbons (Fsp3) is 0.739. The first-order valence-electron chi connectivity index (χ1n) is 11.3. The van der Waals surface area contributed by atoms with E-state index in [1.807, 2.05) is 0 Å². The van der Waals surface area contributed by atoms with E-state index in [1.54, 1.807) is 0 Å². The minimum atomic E-state index is -4.47. The highest BCUT2D eigenvalue weighted by atomic mass is 32.2. The van der Waals surface area contributed by atoms with Gasteiger partial charge in [-0.25, -0.2) is 8.42 Å². The Labute approximate surface area is 179 Å². The Bertz CT molecular complexity index is 621. The highest BCUT2D eigenvalue weighted by molar-refractivity contribution is 7.85. The van der Waals surface area contributed by atoms with Gasteiger partial charge in [-0.2, -0.15) is 0 Å². The first-order valence-corrected chi connectivity index (χ1v) is 12.7. The predicted octanol–water partition coefficient (Wildman–Crippen LogP) is 5.61. The minimum absolute atomic E-state index is 0.227. The van der Waals surface area contributed by atoms with E-state index in [9.17, 15) is 13.0 Å². The highest BCUT2D eigenvalue weighted by Crippen LogP contribution is 2.20. The molecule has 1 aromatic carbocycles.